The second-order valence-corrected chi connectivity index (χ2v) is 7.10. The van der Waals surface area contributed by atoms with E-state index in [0.717, 1.165) is 36.1 Å². The number of nitrogens with one attached hydrogen (secondary N) is 2. The van der Waals surface area contributed by atoms with Crippen molar-refractivity contribution in [2.75, 3.05) is 52.4 Å². The summed E-state index contributed by atoms with van der Waals surface area (Å²) in [6.07, 6.45) is 2.38. The molecule has 0 radical (unpaired) electrons. The van der Waals surface area contributed by atoms with E-state index >= 15 is 0 Å². The van der Waals surface area contributed by atoms with Gasteiger partial charge in [0.25, 0.3) is 0 Å². The van der Waals surface area contributed by atoms with E-state index < -0.39 is 0 Å². The van der Waals surface area contributed by atoms with Gasteiger partial charge < -0.3 is 20.4 Å². The molecule has 1 aromatic carbocycles. The van der Waals surface area contributed by atoms with Gasteiger partial charge in [0.2, 0.25) is 0 Å². The normalized spacial score (nSPS) is 16.7. The van der Waals surface area contributed by atoms with Gasteiger partial charge in [-0.25, -0.2) is 4.99 Å². The smallest absolute Gasteiger partial charge is 0.191 e. The molecular weight excluding hydrogens is 346 g/mol. The van der Waals surface area contributed by atoms with Crippen LogP contribution in [0, 0.1) is 0 Å². The Bertz CT molecular complexity index is 541. The van der Waals surface area contributed by atoms with Crippen LogP contribution in [0.1, 0.15) is 32.3 Å². The number of likely N-dealkylation sites (N-methyl/N-ethyl adjacent to an activating group) is 1. The lowest BCUT2D eigenvalue weighted by Gasteiger charge is -2.34. The summed E-state index contributed by atoms with van der Waals surface area (Å²) in [6.45, 7) is 14.0. The van der Waals surface area contributed by atoms with Crippen LogP contribution in [0.2, 0.25) is 5.02 Å². The number of aliphatic imine (C=N–C) groups is 1. The van der Waals surface area contributed by atoms with Crippen molar-refractivity contribution in [1.82, 2.24) is 20.4 Å². The topological polar surface area (TPSA) is 42.9 Å². The SMILES string of the molecule is CCNC(=NCc1ccccc1Cl)NCCCCN1CCN(CC)CC1. The summed E-state index contributed by atoms with van der Waals surface area (Å²) in [5.41, 5.74) is 1.05. The van der Waals surface area contributed by atoms with E-state index in [1.54, 1.807) is 0 Å². The van der Waals surface area contributed by atoms with E-state index in [0.29, 0.717) is 6.54 Å². The number of piperazine rings is 1. The Hall–Kier alpha value is -1.30. The fourth-order valence-electron chi connectivity index (χ4n) is 3.13. The van der Waals surface area contributed by atoms with Crippen molar-refractivity contribution in [3.63, 3.8) is 0 Å². The zero-order chi connectivity index (χ0) is 18.6. The molecule has 146 valence electrons. The molecule has 0 atom stereocenters. The summed E-state index contributed by atoms with van der Waals surface area (Å²) in [5, 5.41) is 7.51. The minimum atomic E-state index is 0.594. The first kappa shape index (κ1) is 21.0. The van der Waals surface area contributed by atoms with Crippen LogP contribution in [0.25, 0.3) is 0 Å². The number of benzene rings is 1. The van der Waals surface area contributed by atoms with Crippen molar-refractivity contribution < 1.29 is 0 Å². The van der Waals surface area contributed by atoms with Gasteiger partial charge in [-0.1, -0.05) is 36.7 Å². The molecule has 2 rings (SSSR count). The van der Waals surface area contributed by atoms with Crippen molar-refractivity contribution in [2.24, 2.45) is 4.99 Å². The molecule has 1 aliphatic rings. The van der Waals surface area contributed by atoms with E-state index in [1.165, 1.54) is 45.7 Å². The number of hydrogen-bond donors (Lipinski definition) is 2. The second kappa shape index (κ2) is 12.2. The number of guanidine groups is 1. The number of halogens is 1. The summed E-state index contributed by atoms with van der Waals surface area (Å²) in [7, 11) is 0. The van der Waals surface area contributed by atoms with Crippen LogP contribution in [0.3, 0.4) is 0 Å². The number of rotatable bonds is 9. The van der Waals surface area contributed by atoms with Crippen molar-refractivity contribution >= 4 is 17.6 Å². The molecule has 0 bridgehead atoms. The maximum Gasteiger partial charge on any atom is 0.191 e. The summed E-state index contributed by atoms with van der Waals surface area (Å²) < 4.78 is 0. The molecule has 5 nitrogen and oxygen atoms in total. The highest BCUT2D eigenvalue weighted by atomic mass is 35.5. The zero-order valence-corrected chi connectivity index (χ0v) is 17.1. The molecule has 1 fully saturated rings. The van der Waals surface area contributed by atoms with Crippen LogP contribution < -0.4 is 10.6 Å². The standard InChI is InChI=1S/C20H34ClN5/c1-3-22-20(24-17-18-9-5-6-10-19(18)21)23-11-7-8-12-26-15-13-25(4-2)14-16-26/h5-6,9-10H,3-4,7-8,11-17H2,1-2H3,(H2,22,23,24). The van der Waals surface area contributed by atoms with E-state index in [4.69, 9.17) is 11.6 Å². The Balaban J connectivity index is 1.65. The van der Waals surface area contributed by atoms with Gasteiger partial charge in [0.1, 0.15) is 0 Å². The average Bonchev–Trinajstić information content (AvgIpc) is 2.67. The predicted molar refractivity (Wildman–Crippen MR) is 112 cm³/mol. The molecule has 0 aromatic heterocycles. The molecule has 6 heteroatoms. The third-order valence-electron chi connectivity index (χ3n) is 4.82. The maximum absolute atomic E-state index is 6.20. The van der Waals surface area contributed by atoms with Crippen molar-refractivity contribution in [2.45, 2.75) is 33.2 Å². The van der Waals surface area contributed by atoms with Gasteiger partial charge in [-0.15, -0.1) is 0 Å². The summed E-state index contributed by atoms with van der Waals surface area (Å²) in [5.74, 6) is 0.865. The van der Waals surface area contributed by atoms with Crippen LogP contribution in [0.4, 0.5) is 0 Å². The first-order valence-electron chi connectivity index (χ1n) is 9.93. The minimum Gasteiger partial charge on any atom is -0.357 e. The number of unbranched alkanes of at least 4 members (excludes halogenated alkanes) is 1. The molecule has 0 amide bonds. The maximum atomic E-state index is 6.20. The predicted octanol–water partition coefficient (Wildman–Crippen LogP) is 2.81. The summed E-state index contributed by atoms with van der Waals surface area (Å²) in [6, 6.07) is 7.87. The van der Waals surface area contributed by atoms with Gasteiger partial charge in [-0.3, -0.25) is 0 Å². The van der Waals surface area contributed by atoms with Crippen LogP contribution >= 0.6 is 11.6 Å². The Kier molecular flexibility index (Phi) is 9.82. The monoisotopic (exact) mass is 379 g/mol. The lowest BCUT2D eigenvalue weighted by Crippen LogP contribution is -2.46. The van der Waals surface area contributed by atoms with Crippen LogP contribution in [-0.4, -0.2) is 68.1 Å². The highest BCUT2D eigenvalue weighted by Crippen LogP contribution is 2.15. The molecule has 0 unspecified atom stereocenters. The fourth-order valence-corrected chi connectivity index (χ4v) is 3.32. The van der Waals surface area contributed by atoms with Crippen LogP contribution in [-0.2, 0) is 6.54 Å². The molecular formula is C20H34ClN5. The molecule has 1 aliphatic heterocycles. The third kappa shape index (κ3) is 7.52. The zero-order valence-electron chi connectivity index (χ0n) is 16.3. The molecule has 0 spiro atoms. The number of hydrogen-bond acceptors (Lipinski definition) is 3. The summed E-state index contributed by atoms with van der Waals surface area (Å²) in [4.78, 5) is 9.75. The second-order valence-electron chi connectivity index (χ2n) is 6.70. The lowest BCUT2D eigenvalue weighted by atomic mass is 10.2. The molecule has 0 saturated carbocycles. The first-order chi connectivity index (χ1) is 12.7. The Morgan fingerprint density at radius 1 is 1.04 bits per heavy atom. The van der Waals surface area contributed by atoms with Crippen LogP contribution in [0.15, 0.2) is 29.3 Å². The average molecular weight is 380 g/mol. The van der Waals surface area contributed by atoms with Gasteiger partial charge in [0.15, 0.2) is 5.96 Å². The highest BCUT2D eigenvalue weighted by molar-refractivity contribution is 6.31. The van der Waals surface area contributed by atoms with Crippen molar-refractivity contribution in [3.8, 4) is 0 Å². The van der Waals surface area contributed by atoms with E-state index in [9.17, 15) is 0 Å². The van der Waals surface area contributed by atoms with E-state index in [2.05, 4.69) is 39.3 Å². The molecule has 1 saturated heterocycles. The fraction of sp³-hybridized carbons (Fsp3) is 0.650. The van der Waals surface area contributed by atoms with Gasteiger partial charge in [-0.2, -0.15) is 0 Å². The van der Waals surface area contributed by atoms with Gasteiger partial charge >= 0.3 is 0 Å². The lowest BCUT2D eigenvalue weighted by molar-refractivity contribution is 0.136. The van der Waals surface area contributed by atoms with Crippen LogP contribution in [0.5, 0.6) is 0 Å². The molecule has 0 aliphatic carbocycles. The van der Waals surface area contributed by atoms with Crippen molar-refractivity contribution in [3.05, 3.63) is 34.9 Å². The quantitative estimate of drug-likeness (QED) is 0.393. The largest absolute Gasteiger partial charge is 0.357 e. The number of nitrogens with zero attached hydrogens (tertiary/aromatic N) is 3. The van der Waals surface area contributed by atoms with E-state index in [-0.39, 0.29) is 0 Å². The molecule has 1 aromatic rings. The van der Waals surface area contributed by atoms with Gasteiger partial charge in [0.05, 0.1) is 6.54 Å². The Labute approximate surface area is 163 Å². The minimum absolute atomic E-state index is 0.594. The van der Waals surface area contributed by atoms with E-state index in [1.807, 2.05) is 24.3 Å². The van der Waals surface area contributed by atoms with Gasteiger partial charge in [-0.05, 0) is 44.5 Å². The molecule has 2 N–H and O–H groups in total. The highest BCUT2D eigenvalue weighted by Gasteiger charge is 2.14. The van der Waals surface area contributed by atoms with Crippen molar-refractivity contribution in [1.29, 1.82) is 0 Å². The molecule has 1 heterocycles. The molecule has 26 heavy (non-hydrogen) atoms. The Morgan fingerprint density at radius 3 is 2.46 bits per heavy atom. The van der Waals surface area contributed by atoms with Gasteiger partial charge in [0, 0.05) is 44.3 Å². The Morgan fingerprint density at radius 2 is 1.77 bits per heavy atom. The third-order valence-corrected chi connectivity index (χ3v) is 5.18. The summed E-state index contributed by atoms with van der Waals surface area (Å²) >= 11 is 6.20. The first-order valence-corrected chi connectivity index (χ1v) is 10.3.